The zero-order valence-electron chi connectivity index (χ0n) is 14.3. The third-order valence-electron chi connectivity index (χ3n) is 3.09. The molecule has 0 aliphatic rings. The number of hydrogen-bond acceptors (Lipinski definition) is 3. The van der Waals surface area contributed by atoms with Crippen molar-refractivity contribution >= 4 is 5.97 Å². The molecule has 0 aromatic rings. The molecule has 0 aliphatic heterocycles. The van der Waals surface area contributed by atoms with E-state index in [1.165, 1.54) is 32.6 Å². The first-order chi connectivity index (χ1) is 11.3. The van der Waals surface area contributed by atoms with Crippen LogP contribution in [0.4, 0.5) is 0 Å². The lowest BCUT2D eigenvalue weighted by Gasteiger charge is -2.01. The van der Waals surface area contributed by atoms with E-state index in [2.05, 4.69) is 24.0 Å². The van der Waals surface area contributed by atoms with Crippen LogP contribution >= 0.6 is 0 Å². The number of ether oxygens (including phenoxy) is 1. The number of hydrogen-bond donors (Lipinski definition) is 1. The third-order valence-corrected chi connectivity index (χ3v) is 3.09. The first-order valence-corrected chi connectivity index (χ1v) is 8.46. The van der Waals surface area contributed by atoms with Gasteiger partial charge in [-0.2, -0.15) is 0 Å². The van der Waals surface area contributed by atoms with Crippen molar-refractivity contribution in [1.29, 1.82) is 0 Å². The van der Waals surface area contributed by atoms with Gasteiger partial charge < -0.3 is 9.84 Å². The molecule has 0 unspecified atom stereocenters. The summed E-state index contributed by atoms with van der Waals surface area (Å²) in [7, 11) is 0. The minimum atomic E-state index is -0.184. The van der Waals surface area contributed by atoms with Crippen LogP contribution in [0.1, 0.15) is 58.3 Å². The highest BCUT2D eigenvalue weighted by molar-refractivity contribution is 5.65. The Kier molecular flexibility index (Phi) is 16.8. The zero-order chi connectivity index (χ0) is 17.0. The van der Waals surface area contributed by atoms with E-state index in [4.69, 9.17) is 9.84 Å². The minimum absolute atomic E-state index is 0.0643. The first-order valence-electron chi connectivity index (χ1n) is 8.46. The predicted molar refractivity (Wildman–Crippen MR) is 95.9 cm³/mol. The third kappa shape index (κ3) is 20.2. The van der Waals surface area contributed by atoms with Gasteiger partial charge in [0.05, 0.1) is 13.2 Å². The summed E-state index contributed by atoms with van der Waals surface area (Å²) < 4.78 is 4.89. The average Bonchev–Trinajstić information content (AvgIpc) is 2.53. The van der Waals surface area contributed by atoms with Crippen molar-refractivity contribution in [2.45, 2.75) is 58.3 Å². The van der Waals surface area contributed by atoms with Gasteiger partial charge in [0.2, 0.25) is 0 Å². The van der Waals surface area contributed by atoms with Crippen LogP contribution in [-0.4, -0.2) is 24.3 Å². The summed E-state index contributed by atoms with van der Waals surface area (Å²) in [5, 5.41) is 8.53. The van der Waals surface area contributed by atoms with Crippen LogP contribution in [0.15, 0.2) is 36.5 Å². The molecule has 128 valence electrons. The Bertz CT molecular complexity index is 422. The van der Waals surface area contributed by atoms with Crippen LogP contribution in [0.3, 0.4) is 0 Å². The number of allylic oxidation sites excluding steroid dienone is 5. The molecule has 0 atom stereocenters. The maximum absolute atomic E-state index is 10.6. The van der Waals surface area contributed by atoms with Crippen molar-refractivity contribution in [3.8, 4) is 11.8 Å². The van der Waals surface area contributed by atoms with Gasteiger partial charge in [-0.15, -0.1) is 0 Å². The quantitative estimate of drug-likeness (QED) is 0.191. The fourth-order valence-electron chi connectivity index (χ4n) is 1.91. The monoisotopic (exact) mass is 318 g/mol. The maximum Gasteiger partial charge on any atom is 0.302 e. The first kappa shape index (κ1) is 21.2. The molecule has 0 bridgehead atoms. The molecule has 0 heterocycles. The van der Waals surface area contributed by atoms with Crippen LogP contribution in [0.2, 0.25) is 0 Å². The second kappa shape index (κ2) is 18.3. The molecular weight excluding hydrogens is 288 g/mol. The van der Waals surface area contributed by atoms with E-state index in [1.54, 1.807) is 18.2 Å². The largest absolute Gasteiger partial charge is 0.466 e. The number of rotatable bonds is 12. The second-order valence-corrected chi connectivity index (χ2v) is 5.22. The van der Waals surface area contributed by atoms with E-state index in [0.717, 1.165) is 25.7 Å². The molecule has 0 aliphatic carbocycles. The van der Waals surface area contributed by atoms with E-state index in [9.17, 15) is 4.79 Å². The summed E-state index contributed by atoms with van der Waals surface area (Å²) in [4.78, 5) is 10.6. The number of unbranched alkanes of at least 4 members (excludes halogenated alkanes) is 6. The van der Waals surface area contributed by atoms with E-state index < -0.39 is 0 Å². The fraction of sp³-hybridized carbons (Fsp3) is 0.550. The Balaban J connectivity index is 3.32. The molecule has 0 spiro atoms. The molecular formula is C20H30O3. The van der Waals surface area contributed by atoms with Crippen LogP contribution in [-0.2, 0) is 9.53 Å². The van der Waals surface area contributed by atoms with Crippen molar-refractivity contribution in [3.63, 3.8) is 0 Å². The lowest BCUT2D eigenvalue weighted by atomic mass is 10.1. The number of esters is 1. The highest BCUT2D eigenvalue weighted by Crippen LogP contribution is 2.07. The lowest BCUT2D eigenvalue weighted by molar-refractivity contribution is -0.141. The minimum Gasteiger partial charge on any atom is -0.466 e. The molecule has 23 heavy (non-hydrogen) atoms. The van der Waals surface area contributed by atoms with Gasteiger partial charge in [0, 0.05) is 13.3 Å². The molecule has 3 heteroatoms. The second-order valence-electron chi connectivity index (χ2n) is 5.22. The summed E-state index contributed by atoms with van der Waals surface area (Å²) >= 11 is 0. The molecule has 3 nitrogen and oxygen atoms in total. The predicted octanol–water partition coefficient (Wildman–Crippen LogP) is 4.33. The van der Waals surface area contributed by atoms with Gasteiger partial charge in [-0.3, -0.25) is 4.79 Å². The molecule has 1 N–H and O–H groups in total. The highest BCUT2D eigenvalue weighted by Gasteiger charge is 1.93. The van der Waals surface area contributed by atoms with E-state index in [1.807, 2.05) is 6.08 Å². The number of aliphatic hydroxyl groups excluding tert-OH is 1. The standard InChI is InChI=1S/C20H30O3/c1-20(22)23-19-17-15-13-11-9-7-5-3-2-4-6-8-10-12-14-16-18-21/h2-3,10,12,14,16,21H,4-5,7,9,11,13,15,17-19H2,1H3. The van der Waals surface area contributed by atoms with Gasteiger partial charge in [0.25, 0.3) is 0 Å². The summed E-state index contributed by atoms with van der Waals surface area (Å²) in [5.41, 5.74) is 0. The van der Waals surface area contributed by atoms with E-state index in [-0.39, 0.29) is 12.6 Å². The number of carbonyl (C=O) groups is 1. The van der Waals surface area contributed by atoms with Crippen LogP contribution in [0, 0.1) is 11.8 Å². The summed E-state index contributed by atoms with van der Waals surface area (Å²) in [6.07, 6.45) is 20.3. The van der Waals surface area contributed by atoms with Crippen molar-refractivity contribution < 1.29 is 14.6 Å². The molecule has 0 rings (SSSR count). The molecule has 0 saturated carbocycles. The Morgan fingerprint density at radius 3 is 2.48 bits per heavy atom. The van der Waals surface area contributed by atoms with Crippen molar-refractivity contribution in [2.75, 3.05) is 13.2 Å². The van der Waals surface area contributed by atoms with Crippen molar-refractivity contribution in [3.05, 3.63) is 36.5 Å². The molecule has 0 aromatic carbocycles. The van der Waals surface area contributed by atoms with Crippen LogP contribution < -0.4 is 0 Å². The molecule has 0 saturated heterocycles. The number of carbonyl (C=O) groups excluding carboxylic acids is 1. The highest BCUT2D eigenvalue weighted by atomic mass is 16.5. The van der Waals surface area contributed by atoms with Gasteiger partial charge >= 0.3 is 5.97 Å². The van der Waals surface area contributed by atoms with Gasteiger partial charge in [-0.1, -0.05) is 67.9 Å². The Morgan fingerprint density at radius 2 is 1.74 bits per heavy atom. The molecule has 0 fully saturated rings. The van der Waals surface area contributed by atoms with Crippen LogP contribution in [0.5, 0.6) is 0 Å². The van der Waals surface area contributed by atoms with Crippen LogP contribution in [0.25, 0.3) is 0 Å². The van der Waals surface area contributed by atoms with Gasteiger partial charge in [-0.25, -0.2) is 0 Å². The Hall–Kier alpha value is -1.79. The van der Waals surface area contributed by atoms with Gasteiger partial charge in [0.15, 0.2) is 0 Å². The molecule has 0 amide bonds. The van der Waals surface area contributed by atoms with Gasteiger partial charge in [0.1, 0.15) is 0 Å². The normalized spacial score (nSPS) is 11.2. The van der Waals surface area contributed by atoms with E-state index >= 15 is 0 Å². The van der Waals surface area contributed by atoms with Gasteiger partial charge in [-0.05, 0) is 25.3 Å². The van der Waals surface area contributed by atoms with Crippen molar-refractivity contribution in [1.82, 2.24) is 0 Å². The Labute approximate surface area is 141 Å². The zero-order valence-corrected chi connectivity index (χ0v) is 14.3. The van der Waals surface area contributed by atoms with E-state index in [0.29, 0.717) is 6.61 Å². The SMILES string of the molecule is CC(=O)OCCCCCCCCC=CCC#CC=CC=CCO. The fourth-order valence-corrected chi connectivity index (χ4v) is 1.91. The topological polar surface area (TPSA) is 46.5 Å². The average molecular weight is 318 g/mol. The summed E-state index contributed by atoms with van der Waals surface area (Å²) in [5.74, 6) is 5.80. The molecule has 0 radical (unpaired) electrons. The van der Waals surface area contributed by atoms with Crippen molar-refractivity contribution in [2.24, 2.45) is 0 Å². The Morgan fingerprint density at radius 1 is 1.00 bits per heavy atom. The lowest BCUT2D eigenvalue weighted by Crippen LogP contribution is -1.99. The molecule has 0 aromatic heterocycles. The maximum atomic E-state index is 10.6. The summed E-state index contributed by atoms with van der Waals surface area (Å²) in [6, 6.07) is 0. The summed E-state index contributed by atoms with van der Waals surface area (Å²) in [6.45, 7) is 2.08. The number of aliphatic hydroxyl groups is 1. The smallest absolute Gasteiger partial charge is 0.302 e.